The van der Waals surface area contributed by atoms with E-state index in [0.29, 0.717) is 5.41 Å². The number of pyridine rings is 1. The molecule has 3 aromatic rings. The summed E-state index contributed by atoms with van der Waals surface area (Å²) in [6.45, 7) is 5.36. The van der Waals surface area contributed by atoms with E-state index in [1.165, 1.54) is 35.9 Å². The molecule has 2 N–H and O–H groups in total. The maximum absolute atomic E-state index is 4.90. The molecule has 2 aliphatic heterocycles. The number of H-pyrrole nitrogens is 1. The Morgan fingerprint density at radius 3 is 3.09 bits per heavy atom. The predicted octanol–water partition coefficient (Wildman–Crippen LogP) is 2.76. The highest BCUT2D eigenvalue weighted by Gasteiger charge is 2.40. The Hall–Kier alpha value is -2.14. The van der Waals surface area contributed by atoms with Gasteiger partial charge in [-0.25, -0.2) is 4.98 Å². The Kier molecular flexibility index (Phi) is 2.71. The number of fused-ring (bicyclic) bond motifs is 3. The van der Waals surface area contributed by atoms with E-state index in [9.17, 15) is 0 Å². The summed E-state index contributed by atoms with van der Waals surface area (Å²) in [5.41, 5.74) is 6.06. The van der Waals surface area contributed by atoms with Crippen molar-refractivity contribution in [3.63, 3.8) is 0 Å². The highest BCUT2D eigenvalue weighted by Crippen LogP contribution is 2.40. The van der Waals surface area contributed by atoms with Crippen molar-refractivity contribution in [1.82, 2.24) is 25.1 Å². The Morgan fingerprint density at radius 1 is 1.26 bits per heavy atom. The highest BCUT2D eigenvalue weighted by atomic mass is 15.3. The first-order valence-electron chi connectivity index (χ1n) is 8.48. The van der Waals surface area contributed by atoms with Crippen molar-refractivity contribution in [2.75, 3.05) is 13.1 Å². The Bertz CT molecular complexity index is 882. The zero-order valence-corrected chi connectivity index (χ0v) is 13.4. The first-order valence-corrected chi connectivity index (χ1v) is 8.48. The molecule has 5 nitrogen and oxygen atoms in total. The molecule has 0 bridgehead atoms. The quantitative estimate of drug-likeness (QED) is 0.727. The van der Waals surface area contributed by atoms with E-state index in [2.05, 4.69) is 39.0 Å². The number of hydrogen-bond donors (Lipinski definition) is 2. The average Bonchev–Trinajstić information content (AvgIpc) is 3.28. The largest absolute Gasteiger partial charge is 0.346 e. The van der Waals surface area contributed by atoms with Crippen molar-refractivity contribution in [2.45, 2.75) is 38.1 Å². The number of nitrogens with one attached hydrogen (secondary N) is 2. The van der Waals surface area contributed by atoms with Gasteiger partial charge in [0, 0.05) is 47.5 Å². The predicted molar refractivity (Wildman–Crippen MR) is 90.5 cm³/mol. The number of hydrogen-bond acceptors (Lipinski definition) is 3. The fourth-order valence-electron chi connectivity index (χ4n) is 4.30. The third-order valence-corrected chi connectivity index (χ3v) is 5.63. The van der Waals surface area contributed by atoms with E-state index >= 15 is 0 Å². The molecule has 0 aliphatic carbocycles. The lowest BCUT2D eigenvalue weighted by Crippen LogP contribution is -2.35. The van der Waals surface area contributed by atoms with Gasteiger partial charge in [0.15, 0.2) is 0 Å². The van der Waals surface area contributed by atoms with Crippen LogP contribution in [0.5, 0.6) is 0 Å². The maximum Gasteiger partial charge on any atom is 0.137 e. The van der Waals surface area contributed by atoms with Gasteiger partial charge in [-0.05, 0) is 50.4 Å². The molecule has 1 atom stereocenters. The van der Waals surface area contributed by atoms with Crippen molar-refractivity contribution in [3.05, 3.63) is 35.8 Å². The molecule has 2 aliphatic rings. The number of rotatable bonds is 1. The second-order valence-electron chi connectivity index (χ2n) is 7.04. The minimum atomic E-state index is 0.297. The van der Waals surface area contributed by atoms with Gasteiger partial charge in [-0.1, -0.05) is 0 Å². The van der Waals surface area contributed by atoms with Gasteiger partial charge in [0.25, 0.3) is 0 Å². The molecule has 3 aromatic heterocycles. The van der Waals surface area contributed by atoms with Gasteiger partial charge in [0.1, 0.15) is 5.65 Å². The zero-order chi connectivity index (χ0) is 15.4. The Morgan fingerprint density at radius 2 is 2.22 bits per heavy atom. The van der Waals surface area contributed by atoms with Crippen LogP contribution in [-0.4, -0.2) is 32.8 Å². The van der Waals surface area contributed by atoms with Crippen molar-refractivity contribution in [3.8, 4) is 11.3 Å². The maximum atomic E-state index is 4.90. The number of aromatic amines is 1. The van der Waals surface area contributed by atoms with Crippen LogP contribution in [0.15, 0.2) is 24.5 Å². The third kappa shape index (κ3) is 1.89. The van der Waals surface area contributed by atoms with Crippen molar-refractivity contribution < 1.29 is 0 Å². The summed E-state index contributed by atoms with van der Waals surface area (Å²) in [5, 5.41) is 9.63. The monoisotopic (exact) mass is 307 g/mol. The van der Waals surface area contributed by atoms with Crippen LogP contribution in [0.4, 0.5) is 0 Å². The van der Waals surface area contributed by atoms with Crippen LogP contribution < -0.4 is 5.32 Å². The molecule has 5 heterocycles. The van der Waals surface area contributed by atoms with E-state index in [1.54, 1.807) is 0 Å². The van der Waals surface area contributed by atoms with E-state index < -0.39 is 0 Å². The number of aromatic nitrogens is 4. The van der Waals surface area contributed by atoms with Gasteiger partial charge < -0.3 is 10.3 Å². The van der Waals surface area contributed by atoms with E-state index in [1.807, 2.05) is 12.4 Å². The molecule has 118 valence electrons. The Balaban J connectivity index is 1.63. The van der Waals surface area contributed by atoms with Crippen LogP contribution in [0, 0.1) is 6.92 Å². The van der Waals surface area contributed by atoms with Crippen LogP contribution in [0.25, 0.3) is 22.3 Å². The normalized spacial score (nSPS) is 23.7. The summed E-state index contributed by atoms with van der Waals surface area (Å²) in [6, 6.07) is 4.51. The van der Waals surface area contributed by atoms with Gasteiger partial charge in [-0.15, -0.1) is 0 Å². The van der Waals surface area contributed by atoms with E-state index in [0.717, 1.165) is 36.5 Å². The van der Waals surface area contributed by atoms with E-state index in [-0.39, 0.29) is 0 Å². The second-order valence-corrected chi connectivity index (χ2v) is 7.04. The summed E-state index contributed by atoms with van der Waals surface area (Å²) in [7, 11) is 0. The molecule has 23 heavy (non-hydrogen) atoms. The van der Waals surface area contributed by atoms with Crippen molar-refractivity contribution in [2.24, 2.45) is 0 Å². The molecule has 0 radical (unpaired) electrons. The van der Waals surface area contributed by atoms with Gasteiger partial charge in [0.05, 0.1) is 5.69 Å². The molecule has 1 fully saturated rings. The summed E-state index contributed by atoms with van der Waals surface area (Å²) in [5.74, 6) is 0. The van der Waals surface area contributed by atoms with Crippen LogP contribution >= 0.6 is 0 Å². The molecular formula is C18H21N5. The van der Waals surface area contributed by atoms with Gasteiger partial charge in [-0.3, -0.25) is 4.68 Å². The third-order valence-electron chi connectivity index (χ3n) is 5.63. The smallest absolute Gasteiger partial charge is 0.137 e. The topological polar surface area (TPSA) is 58.5 Å². The SMILES string of the molecule is Cc1c[nH]c2ncc(-c3cc4n(n3)CCCC43CCNC3)cc12. The Labute approximate surface area is 135 Å². The summed E-state index contributed by atoms with van der Waals surface area (Å²) < 4.78 is 2.24. The van der Waals surface area contributed by atoms with Crippen LogP contribution in [0.2, 0.25) is 0 Å². The molecule has 0 saturated carbocycles. The molecule has 1 saturated heterocycles. The molecule has 1 unspecified atom stereocenters. The lowest BCUT2D eigenvalue weighted by Gasteiger charge is -2.33. The molecular weight excluding hydrogens is 286 g/mol. The first-order chi connectivity index (χ1) is 11.3. The van der Waals surface area contributed by atoms with Crippen molar-refractivity contribution in [1.29, 1.82) is 0 Å². The number of nitrogens with zero attached hydrogens (tertiary/aromatic N) is 3. The second kappa shape index (κ2) is 4.68. The standard InChI is InChI=1S/C18H21N5/c1-12-9-20-17-14(12)7-13(10-21-17)15-8-16-18(4-5-19-11-18)3-2-6-23(16)22-15/h7-10,19H,2-6,11H2,1H3,(H,20,21). The fraction of sp³-hybridized carbons (Fsp3) is 0.444. The first kappa shape index (κ1) is 13.3. The van der Waals surface area contributed by atoms with E-state index in [4.69, 9.17) is 5.10 Å². The summed E-state index contributed by atoms with van der Waals surface area (Å²) >= 11 is 0. The van der Waals surface area contributed by atoms with Gasteiger partial charge >= 0.3 is 0 Å². The van der Waals surface area contributed by atoms with Crippen molar-refractivity contribution >= 4 is 11.0 Å². The summed E-state index contributed by atoms with van der Waals surface area (Å²) in [6.07, 6.45) is 7.68. The average molecular weight is 307 g/mol. The van der Waals surface area contributed by atoms with Gasteiger partial charge in [-0.2, -0.15) is 5.10 Å². The highest BCUT2D eigenvalue weighted by molar-refractivity contribution is 5.83. The molecule has 0 aromatic carbocycles. The zero-order valence-electron chi connectivity index (χ0n) is 13.4. The molecule has 0 amide bonds. The summed E-state index contributed by atoms with van der Waals surface area (Å²) in [4.78, 5) is 7.77. The molecule has 5 rings (SSSR count). The lowest BCUT2D eigenvalue weighted by atomic mass is 9.77. The number of aryl methyl sites for hydroxylation is 2. The van der Waals surface area contributed by atoms with Crippen LogP contribution in [0.3, 0.4) is 0 Å². The molecule has 1 spiro atoms. The van der Waals surface area contributed by atoms with Crippen LogP contribution in [-0.2, 0) is 12.0 Å². The van der Waals surface area contributed by atoms with Gasteiger partial charge in [0.2, 0.25) is 0 Å². The minimum Gasteiger partial charge on any atom is -0.346 e. The minimum absolute atomic E-state index is 0.297. The molecule has 5 heteroatoms. The lowest BCUT2D eigenvalue weighted by molar-refractivity contribution is 0.319. The fourth-order valence-corrected chi connectivity index (χ4v) is 4.30. The van der Waals surface area contributed by atoms with Crippen LogP contribution in [0.1, 0.15) is 30.5 Å².